The van der Waals surface area contributed by atoms with Crippen molar-refractivity contribution < 1.29 is 13.6 Å². The summed E-state index contributed by atoms with van der Waals surface area (Å²) in [4.78, 5) is 11.8. The molecule has 3 nitrogen and oxygen atoms in total. The molecule has 0 bridgehead atoms. The molecule has 0 aliphatic carbocycles. The van der Waals surface area contributed by atoms with Gasteiger partial charge in [0.15, 0.2) is 11.6 Å². The maximum atomic E-state index is 13.4. The zero-order valence-electron chi connectivity index (χ0n) is 11.2. The van der Waals surface area contributed by atoms with E-state index in [0.29, 0.717) is 10.7 Å². The fourth-order valence-electron chi connectivity index (χ4n) is 1.91. The molecule has 0 fully saturated rings. The largest absolute Gasteiger partial charge is 0.368 e. The van der Waals surface area contributed by atoms with E-state index in [0.717, 1.165) is 12.1 Å². The lowest BCUT2D eigenvalue weighted by molar-refractivity contribution is -0.122. The van der Waals surface area contributed by atoms with Crippen molar-refractivity contribution in [3.8, 4) is 0 Å². The Bertz CT molecular complexity index is 676. The second-order valence-electron chi connectivity index (χ2n) is 4.75. The summed E-state index contributed by atoms with van der Waals surface area (Å²) in [7, 11) is 0. The number of anilines is 1. The number of nitrogens with two attached hydrogens (primary N) is 1. The number of primary amides is 1. The van der Waals surface area contributed by atoms with Crippen LogP contribution in [0.25, 0.3) is 0 Å². The molecule has 2 aromatic rings. The van der Waals surface area contributed by atoms with E-state index in [9.17, 15) is 13.6 Å². The number of benzene rings is 2. The van der Waals surface area contributed by atoms with Crippen LogP contribution in [0.3, 0.4) is 0 Å². The summed E-state index contributed by atoms with van der Waals surface area (Å²) in [6.07, 6.45) is 0. The van der Waals surface area contributed by atoms with Crippen molar-refractivity contribution in [3.63, 3.8) is 0 Å². The fourth-order valence-corrected chi connectivity index (χ4v) is 2.03. The molecular weight excluding hydrogens is 298 g/mol. The molecule has 1 unspecified atom stereocenters. The Morgan fingerprint density at radius 3 is 2.29 bits per heavy atom. The summed E-state index contributed by atoms with van der Waals surface area (Å²) in [6.45, 7) is 1.50. The average Bonchev–Trinajstić information content (AvgIpc) is 2.44. The fraction of sp³-hybridized carbons (Fsp3) is 0.133. The van der Waals surface area contributed by atoms with Crippen LogP contribution in [0.15, 0.2) is 42.5 Å². The molecule has 6 heteroatoms. The summed E-state index contributed by atoms with van der Waals surface area (Å²) < 4.78 is 26.4. The Balaban J connectivity index is 2.42. The van der Waals surface area contributed by atoms with Gasteiger partial charge in [-0.05, 0) is 48.9 Å². The lowest BCUT2D eigenvalue weighted by Crippen LogP contribution is -2.45. The van der Waals surface area contributed by atoms with Crippen LogP contribution in [0.4, 0.5) is 14.5 Å². The molecule has 0 saturated heterocycles. The number of carbonyl (C=O) groups excluding carboxylic acids is 1. The number of hydrogen-bond donors (Lipinski definition) is 2. The molecule has 1 amide bonds. The number of carbonyl (C=O) groups is 1. The Morgan fingerprint density at radius 1 is 1.14 bits per heavy atom. The van der Waals surface area contributed by atoms with Crippen molar-refractivity contribution in [1.29, 1.82) is 0 Å². The van der Waals surface area contributed by atoms with Gasteiger partial charge in [-0.3, -0.25) is 4.79 Å². The predicted octanol–water partition coefficient (Wildman–Crippen LogP) is 3.43. The van der Waals surface area contributed by atoms with Gasteiger partial charge >= 0.3 is 0 Å². The number of hydrogen-bond acceptors (Lipinski definition) is 2. The lowest BCUT2D eigenvalue weighted by Gasteiger charge is -2.29. The molecule has 110 valence electrons. The third-order valence-corrected chi connectivity index (χ3v) is 3.48. The van der Waals surface area contributed by atoms with Gasteiger partial charge in [-0.2, -0.15) is 0 Å². The Kier molecular flexibility index (Phi) is 4.14. The second-order valence-corrected chi connectivity index (χ2v) is 5.19. The van der Waals surface area contributed by atoms with Crippen molar-refractivity contribution >= 4 is 23.2 Å². The van der Waals surface area contributed by atoms with Crippen molar-refractivity contribution in [2.45, 2.75) is 12.5 Å². The van der Waals surface area contributed by atoms with Gasteiger partial charge in [-0.25, -0.2) is 8.78 Å². The normalized spacial score (nSPS) is 13.5. The Labute approximate surface area is 125 Å². The molecule has 0 heterocycles. The highest BCUT2D eigenvalue weighted by Crippen LogP contribution is 2.28. The standard InChI is InChI=1S/C15H13ClF2N2O/c1-15(14(19)21,9-2-7-12(17)13(18)8-9)20-11-5-3-10(16)4-6-11/h2-8,20H,1H3,(H2,19,21). The van der Waals surface area contributed by atoms with Crippen LogP contribution in [-0.4, -0.2) is 5.91 Å². The minimum Gasteiger partial charge on any atom is -0.368 e. The summed E-state index contributed by atoms with van der Waals surface area (Å²) in [5.41, 5.74) is 4.84. The minimum atomic E-state index is -1.39. The highest BCUT2D eigenvalue weighted by molar-refractivity contribution is 6.30. The van der Waals surface area contributed by atoms with Gasteiger partial charge in [-0.15, -0.1) is 0 Å². The number of amides is 1. The van der Waals surface area contributed by atoms with E-state index in [1.165, 1.54) is 13.0 Å². The number of rotatable bonds is 4. The zero-order valence-corrected chi connectivity index (χ0v) is 11.9. The van der Waals surface area contributed by atoms with Gasteiger partial charge in [0, 0.05) is 10.7 Å². The molecule has 0 spiro atoms. The maximum absolute atomic E-state index is 13.4. The smallest absolute Gasteiger partial charge is 0.247 e. The average molecular weight is 311 g/mol. The first-order valence-electron chi connectivity index (χ1n) is 6.12. The molecule has 2 aromatic carbocycles. The first-order chi connectivity index (χ1) is 9.83. The van der Waals surface area contributed by atoms with E-state index in [1.54, 1.807) is 24.3 Å². The monoisotopic (exact) mass is 310 g/mol. The van der Waals surface area contributed by atoms with E-state index >= 15 is 0 Å². The summed E-state index contributed by atoms with van der Waals surface area (Å²) in [5, 5.41) is 3.46. The van der Waals surface area contributed by atoms with Crippen LogP contribution in [-0.2, 0) is 10.3 Å². The lowest BCUT2D eigenvalue weighted by atomic mass is 9.90. The third kappa shape index (κ3) is 3.13. The second kappa shape index (κ2) is 5.69. The zero-order chi connectivity index (χ0) is 15.6. The SMILES string of the molecule is CC(Nc1ccc(Cl)cc1)(C(N)=O)c1ccc(F)c(F)c1. The molecule has 0 aromatic heterocycles. The molecule has 0 saturated carbocycles. The van der Waals surface area contributed by atoms with Crippen LogP contribution >= 0.6 is 11.6 Å². The van der Waals surface area contributed by atoms with E-state index in [4.69, 9.17) is 17.3 Å². The minimum absolute atomic E-state index is 0.226. The molecule has 0 aliphatic heterocycles. The van der Waals surface area contributed by atoms with Crippen LogP contribution in [0.5, 0.6) is 0 Å². The number of halogens is 3. The van der Waals surface area contributed by atoms with Crippen LogP contribution in [0, 0.1) is 11.6 Å². The van der Waals surface area contributed by atoms with Crippen LogP contribution in [0.2, 0.25) is 5.02 Å². The quantitative estimate of drug-likeness (QED) is 0.909. The molecular formula is C15H13ClF2N2O. The highest BCUT2D eigenvalue weighted by atomic mass is 35.5. The molecule has 0 aliphatic rings. The molecule has 3 N–H and O–H groups in total. The molecule has 2 rings (SSSR count). The molecule has 0 radical (unpaired) electrons. The maximum Gasteiger partial charge on any atom is 0.247 e. The van der Waals surface area contributed by atoms with E-state index in [2.05, 4.69) is 5.32 Å². The van der Waals surface area contributed by atoms with Gasteiger partial charge in [0.05, 0.1) is 0 Å². The Morgan fingerprint density at radius 2 is 1.76 bits per heavy atom. The van der Waals surface area contributed by atoms with Gasteiger partial charge in [0.1, 0.15) is 5.54 Å². The summed E-state index contributed by atoms with van der Waals surface area (Å²) >= 11 is 5.79. The van der Waals surface area contributed by atoms with E-state index in [1.807, 2.05) is 0 Å². The summed E-state index contributed by atoms with van der Waals surface area (Å²) in [6, 6.07) is 9.80. The first kappa shape index (κ1) is 15.3. The van der Waals surface area contributed by atoms with Crippen molar-refractivity contribution in [3.05, 3.63) is 64.7 Å². The topological polar surface area (TPSA) is 55.1 Å². The highest BCUT2D eigenvalue weighted by Gasteiger charge is 2.34. The van der Waals surface area contributed by atoms with Crippen LogP contribution in [0.1, 0.15) is 12.5 Å². The van der Waals surface area contributed by atoms with Crippen molar-refractivity contribution in [2.75, 3.05) is 5.32 Å². The molecule has 21 heavy (non-hydrogen) atoms. The summed E-state index contributed by atoms with van der Waals surface area (Å²) in [5.74, 6) is -2.75. The van der Waals surface area contributed by atoms with Gasteiger partial charge in [0.25, 0.3) is 0 Å². The van der Waals surface area contributed by atoms with Gasteiger partial charge in [0.2, 0.25) is 5.91 Å². The first-order valence-corrected chi connectivity index (χ1v) is 6.50. The van der Waals surface area contributed by atoms with Gasteiger partial charge in [-0.1, -0.05) is 17.7 Å². The third-order valence-electron chi connectivity index (χ3n) is 3.23. The Hall–Kier alpha value is -2.14. The van der Waals surface area contributed by atoms with Crippen molar-refractivity contribution in [2.24, 2.45) is 5.73 Å². The molecule has 1 atom stereocenters. The van der Waals surface area contributed by atoms with E-state index < -0.39 is 23.1 Å². The number of nitrogens with one attached hydrogen (secondary N) is 1. The van der Waals surface area contributed by atoms with Gasteiger partial charge < -0.3 is 11.1 Å². The van der Waals surface area contributed by atoms with Crippen molar-refractivity contribution in [1.82, 2.24) is 0 Å². The van der Waals surface area contributed by atoms with Crippen LogP contribution < -0.4 is 11.1 Å². The van der Waals surface area contributed by atoms with E-state index in [-0.39, 0.29) is 5.56 Å². The predicted molar refractivity (Wildman–Crippen MR) is 78.0 cm³/mol.